The highest BCUT2D eigenvalue weighted by Crippen LogP contribution is 2.32. The molecule has 1 aromatic heterocycles. The second-order valence-corrected chi connectivity index (χ2v) is 11.5. The minimum atomic E-state index is -1.06. The van der Waals surface area contributed by atoms with Crippen LogP contribution >= 0.6 is 11.3 Å². The number of aryl methyl sites for hydroxylation is 2. The zero-order valence-corrected chi connectivity index (χ0v) is 22.6. The molecule has 3 aromatic rings. The molecule has 1 heterocycles. The van der Waals surface area contributed by atoms with Gasteiger partial charge in [-0.1, -0.05) is 52.0 Å². The van der Waals surface area contributed by atoms with Gasteiger partial charge in [-0.3, -0.25) is 9.59 Å². The van der Waals surface area contributed by atoms with Crippen LogP contribution in [0.3, 0.4) is 0 Å². The third kappa shape index (κ3) is 7.31. The van der Waals surface area contributed by atoms with Crippen molar-refractivity contribution in [1.82, 2.24) is 5.32 Å². The van der Waals surface area contributed by atoms with Crippen molar-refractivity contribution in [1.29, 1.82) is 0 Å². The lowest BCUT2D eigenvalue weighted by atomic mass is 9.89. The van der Waals surface area contributed by atoms with Gasteiger partial charge in [0.25, 0.3) is 5.91 Å². The summed E-state index contributed by atoms with van der Waals surface area (Å²) in [5.74, 6) is -0.201. The Labute approximate surface area is 217 Å². The first-order valence-corrected chi connectivity index (χ1v) is 13.2. The number of carboxylic acids is 1. The average Bonchev–Trinajstić information content (AvgIpc) is 3.25. The summed E-state index contributed by atoms with van der Waals surface area (Å²) in [5.41, 5.74) is 3.35. The first kappa shape index (κ1) is 27.7. The maximum absolute atomic E-state index is 12.2. The summed E-state index contributed by atoms with van der Waals surface area (Å²) < 4.78 is 6.93. The molecule has 36 heavy (non-hydrogen) atoms. The lowest BCUT2D eigenvalue weighted by Crippen LogP contribution is -2.32. The number of amides is 1. The van der Waals surface area contributed by atoms with Crippen LogP contribution < -0.4 is 10.1 Å². The van der Waals surface area contributed by atoms with E-state index in [0.717, 1.165) is 40.7 Å². The van der Waals surface area contributed by atoms with Gasteiger partial charge in [-0.15, -0.1) is 11.3 Å². The number of rotatable bonds is 11. The van der Waals surface area contributed by atoms with E-state index in [1.54, 1.807) is 0 Å². The number of ether oxygens (including phenoxy) is 1. The Bertz CT molecular complexity index is 1210. The van der Waals surface area contributed by atoms with E-state index in [4.69, 9.17) is 9.84 Å². The number of aliphatic hydroxyl groups is 1. The normalized spacial score (nSPS) is 13.4. The molecule has 7 heteroatoms. The highest BCUT2D eigenvalue weighted by Gasteiger charge is 2.23. The Hall–Kier alpha value is -2.90. The van der Waals surface area contributed by atoms with E-state index in [1.807, 2.05) is 45.9 Å². The molecular formula is C29H37NO5S. The van der Waals surface area contributed by atoms with Gasteiger partial charge in [0.2, 0.25) is 0 Å². The molecule has 1 amide bonds. The number of carbonyl (C=O) groups is 2. The van der Waals surface area contributed by atoms with Gasteiger partial charge in [0, 0.05) is 4.70 Å². The van der Waals surface area contributed by atoms with E-state index in [9.17, 15) is 14.7 Å². The number of aliphatic carboxylic acids is 1. The minimum Gasteiger partial charge on any atom is -0.491 e. The molecule has 0 saturated heterocycles. The smallest absolute Gasteiger partial charge is 0.322 e. The molecule has 3 rings (SSSR count). The first-order chi connectivity index (χ1) is 17.0. The molecule has 2 aromatic carbocycles. The highest BCUT2D eigenvalue weighted by molar-refractivity contribution is 7.20. The van der Waals surface area contributed by atoms with Gasteiger partial charge in [0.05, 0.1) is 11.0 Å². The Morgan fingerprint density at radius 1 is 1.11 bits per heavy atom. The molecule has 0 bridgehead atoms. The van der Waals surface area contributed by atoms with E-state index in [-0.39, 0.29) is 24.5 Å². The Morgan fingerprint density at radius 2 is 1.86 bits per heavy atom. The van der Waals surface area contributed by atoms with Gasteiger partial charge in [0.1, 0.15) is 18.9 Å². The second kappa shape index (κ2) is 11.9. The zero-order chi connectivity index (χ0) is 26.5. The summed E-state index contributed by atoms with van der Waals surface area (Å²) >= 11 is 1.38. The van der Waals surface area contributed by atoms with Crippen LogP contribution in [0, 0.1) is 12.3 Å². The fraction of sp³-hybridized carbons (Fsp3) is 0.448. The van der Waals surface area contributed by atoms with Crippen LogP contribution in [0.1, 0.15) is 72.8 Å². The van der Waals surface area contributed by atoms with Crippen LogP contribution in [0.5, 0.6) is 5.75 Å². The molecule has 0 aliphatic rings. The maximum atomic E-state index is 12.2. The van der Waals surface area contributed by atoms with Crippen LogP contribution in [0.15, 0.2) is 42.5 Å². The van der Waals surface area contributed by atoms with Gasteiger partial charge in [0.15, 0.2) is 0 Å². The third-order valence-electron chi connectivity index (χ3n) is 6.55. The molecule has 0 spiro atoms. The number of benzene rings is 2. The van der Waals surface area contributed by atoms with Crippen molar-refractivity contribution in [2.24, 2.45) is 5.41 Å². The van der Waals surface area contributed by atoms with Gasteiger partial charge >= 0.3 is 5.97 Å². The van der Waals surface area contributed by atoms with Crippen LogP contribution in [0.25, 0.3) is 10.1 Å². The molecule has 0 aliphatic carbocycles. The van der Waals surface area contributed by atoms with Crippen molar-refractivity contribution >= 4 is 33.3 Å². The second-order valence-electron chi connectivity index (χ2n) is 10.4. The number of carbonyl (C=O) groups excluding carboxylic acids is 1. The standard InChI is InChI=1S/C29H37NO5S/c1-6-20(21-11-12-23(18(2)13-21)35-17-26(31)29(3,4)5)9-7-19-8-10-22-15-25(36-24(22)14-19)28(34)30-16-27(32)33/h8,10-15,20,26,31H,6-7,9,16-17H2,1-5H3,(H,30,34)(H,32,33). The molecule has 3 N–H and O–H groups in total. The molecule has 194 valence electrons. The van der Waals surface area contributed by atoms with E-state index in [0.29, 0.717) is 10.8 Å². The number of aliphatic hydroxyl groups excluding tert-OH is 1. The quantitative estimate of drug-likeness (QED) is 0.296. The lowest BCUT2D eigenvalue weighted by Gasteiger charge is -2.26. The molecular weight excluding hydrogens is 474 g/mol. The lowest BCUT2D eigenvalue weighted by molar-refractivity contribution is -0.135. The molecule has 0 saturated carbocycles. The summed E-state index contributed by atoms with van der Waals surface area (Å²) in [7, 11) is 0. The number of carboxylic acid groups (broad SMARTS) is 1. The highest BCUT2D eigenvalue weighted by atomic mass is 32.1. The van der Waals surface area contributed by atoms with Crippen LogP contribution in [0.4, 0.5) is 0 Å². The van der Waals surface area contributed by atoms with Gasteiger partial charge in [-0.25, -0.2) is 0 Å². The van der Waals surface area contributed by atoms with Gasteiger partial charge < -0.3 is 20.3 Å². The fourth-order valence-corrected chi connectivity index (χ4v) is 5.08. The van der Waals surface area contributed by atoms with Crippen molar-refractivity contribution in [3.8, 4) is 5.75 Å². The molecule has 0 radical (unpaired) electrons. The summed E-state index contributed by atoms with van der Waals surface area (Å²) in [4.78, 5) is 23.4. The largest absolute Gasteiger partial charge is 0.491 e. The minimum absolute atomic E-state index is 0.221. The third-order valence-corrected chi connectivity index (χ3v) is 7.65. The van der Waals surface area contributed by atoms with Gasteiger partial charge in [-0.05, 0) is 77.8 Å². The topological polar surface area (TPSA) is 95.9 Å². The van der Waals surface area contributed by atoms with Gasteiger partial charge in [-0.2, -0.15) is 0 Å². The molecule has 0 fully saturated rings. The zero-order valence-electron chi connectivity index (χ0n) is 21.8. The average molecular weight is 512 g/mol. The first-order valence-electron chi connectivity index (χ1n) is 12.4. The van der Waals surface area contributed by atoms with E-state index in [2.05, 4.69) is 36.5 Å². The maximum Gasteiger partial charge on any atom is 0.322 e. The predicted octanol–water partition coefficient (Wildman–Crippen LogP) is 5.94. The van der Waals surface area contributed by atoms with E-state index >= 15 is 0 Å². The number of fused-ring (bicyclic) bond motifs is 1. The SMILES string of the molecule is CCC(CCc1ccc2cc(C(=O)NCC(=O)O)sc2c1)c1ccc(OCC(O)C(C)(C)C)c(C)c1. The monoisotopic (exact) mass is 511 g/mol. The van der Waals surface area contributed by atoms with Crippen molar-refractivity contribution in [3.05, 3.63) is 64.0 Å². The number of nitrogens with one attached hydrogen (secondary N) is 1. The molecule has 0 aliphatic heterocycles. The van der Waals surface area contributed by atoms with Crippen LogP contribution in [-0.2, 0) is 11.2 Å². The molecule has 6 nitrogen and oxygen atoms in total. The van der Waals surface area contributed by atoms with Crippen LogP contribution in [-0.4, -0.2) is 41.3 Å². The molecule has 2 unspecified atom stereocenters. The summed E-state index contributed by atoms with van der Waals surface area (Å²) in [6.07, 6.45) is 2.41. The van der Waals surface area contributed by atoms with E-state index in [1.165, 1.54) is 22.5 Å². The van der Waals surface area contributed by atoms with Crippen molar-refractivity contribution in [2.45, 2.75) is 65.9 Å². The number of hydrogen-bond acceptors (Lipinski definition) is 5. The molecule has 2 atom stereocenters. The number of hydrogen-bond donors (Lipinski definition) is 3. The van der Waals surface area contributed by atoms with Crippen LogP contribution in [0.2, 0.25) is 0 Å². The summed E-state index contributed by atoms with van der Waals surface area (Å²) in [6, 6.07) is 14.4. The predicted molar refractivity (Wildman–Crippen MR) is 145 cm³/mol. The van der Waals surface area contributed by atoms with E-state index < -0.39 is 12.1 Å². The number of thiophene rings is 1. The fourth-order valence-electron chi connectivity index (χ4n) is 4.04. The van der Waals surface area contributed by atoms with Crippen molar-refractivity contribution in [2.75, 3.05) is 13.2 Å². The summed E-state index contributed by atoms with van der Waals surface area (Å²) in [5, 5.41) is 22.4. The van der Waals surface area contributed by atoms with Crippen molar-refractivity contribution in [3.63, 3.8) is 0 Å². The summed E-state index contributed by atoms with van der Waals surface area (Å²) in [6.45, 7) is 10.1. The Balaban J connectivity index is 1.64. The van der Waals surface area contributed by atoms with Crippen molar-refractivity contribution < 1.29 is 24.5 Å². The Morgan fingerprint density at radius 3 is 2.50 bits per heavy atom. The Kier molecular flexibility index (Phi) is 9.14.